The lowest BCUT2D eigenvalue weighted by Gasteiger charge is -2.36. The number of carbonyl (C=O) groups excluding carboxylic acids is 2. The zero-order valence-corrected chi connectivity index (χ0v) is 17.7. The highest BCUT2D eigenvalue weighted by Gasteiger charge is 2.43. The molecule has 0 aromatic heterocycles. The molecule has 2 amide bonds. The van der Waals surface area contributed by atoms with Gasteiger partial charge in [0.2, 0.25) is 0 Å². The number of rotatable bonds is 4. The number of amides is 2. The maximum Gasteiger partial charge on any atom is 0.471 e. The van der Waals surface area contributed by atoms with Gasteiger partial charge in [0.1, 0.15) is 0 Å². The topological polar surface area (TPSA) is 95.8 Å². The first-order valence-corrected chi connectivity index (χ1v) is 9.89. The monoisotopic (exact) mass is 490 g/mol. The van der Waals surface area contributed by atoms with Gasteiger partial charge >= 0.3 is 12.1 Å². The van der Waals surface area contributed by atoms with Crippen molar-refractivity contribution < 1.29 is 27.7 Å². The SMILES string of the molecule is O=C(Nc1ccc(N2CCN(C(=O)C(F)(F)F)CC2)c(Cl)c1)c1cc([N+](=O)[O-])ccc1Cl. The first kappa shape index (κ1) is 23.6. The Hall–Kier alpha value is -3.05. The summed E-state index contributed by atoms with van der Waals surface area (Å²) in [5, 5.41) is 13.7. The number of carbonyl (C=O) groups is 2. The van der Waals surface area contributed by atoms with Gasteiger partial charge in [0, 0.05) is 44.0 Å². The number of hydrogen-bond donors (Lipinski definition) is 1. The molecule has 0 aliphatic carbocycles. The Morgan fingerprint density at radius 1 is 1.00 bits per heavy atom. The Kier molecular flexibility index (Phi) is 6.79. The van der Waals surface area contributed by atoms with E-state index in [1.807, 2.05) is 0 Å². The number of nitro groups is 1. The molecule has 3 rings (SSSR count). The molecular weight excluding hydrogens is 476 g/mol. The lowest BCUT2D eigenvalue weighted by atomic mass is 10.1. The Morgan fingerprint density at radius 3 is 2.22 bits per heavy atom. The van der Waals surface area contributed by atoms with Crippen molar-refractivity contribution in [3.05, 3.63) is 62.1 Å². The molecule has 2 aromatic rings. The number of hydrogen-bond acceptors (Lipinski definition) is 5. The molecule has 1 saturated heterocycles. The van der Waals surface area contributed by atoms with Crippen molar-refractivity contribution in [3.63, 3.8) is 0 Å². The van der Waals surface area contributed by atoms with E-state index in [9.17, 15) is 32.9 Å². The second kappa shape index (κ2) is 9.21. The molecule has 1 aliphatic rings. The van der Waals surface area contributed by atoms with Crippen molar-refractivity contribution in [2.24, 2.45) is 0 Å². The molecule has 0 bridgehead atoms. The van der Waals surface area contributed by atoms with Crippen LogP contribution in [0.4, 0.5) is 30.2 Å². The van der Waals surface area contributed by atoms with Crippen molar-refractivity contribution in [2.45, 2.75) is 6.18 Å². The summed E-state index contributed by atoms with van der Waals surface area (Å²) in [5.41, 5.74) is 0.428. The third kappa shape index (κ3) is 5.22. The standard InChI is InChI=1S/C19H15Cl2F3N4O4/c20-14-3-2-12(28(31)32)10-13(14)17(29)25-11-1-4-16(15(21)9-11)26-5-7-27(8-6-26)18(30)19(22,23)24/h1-4,9-10H,5-8H2,(H,25,29). The van der Waals surface area contributed by atoms with Gasteiger partial charge in [-0.05, 0) is 24.3 Å². The number of nitrogens with zero attached hydrogens (tertiary/aromatic N) is 3. The Bertz CT molecular complexity index is 1070. The fourth-order valence-corrected chi connectivity index (χ4v) is 3.67. The molecule has 8 nitrogen and oxygen atoms in total. The molecule has 0 radical (unpaired) electrons. The van der Waals surface area contributed by atoms with Gasteiger partial charge < -0.3 is 15.1 Å². The van der Waals surface area contributed by atoms with Crippen LogP contribution in [0.5, 0.6) is 0 Å². The minimum atomic E-state index is -4.91. The van der Waals surface area contributed by atoms with E-state index in [2.05, 4.69) is 5.32 Å². The van der Waals surface area contributed by atoms with Crippen molar-refractivity contribution in [1.29, 1.82) is 0 Å². The number of benzene rings is 2. The Morgan fingerprint density at radius 2 is 1.66 bits per heavy atom. The minimum Gasteiger partial charge on any atom is -0.367 e. The summed E-state index contributed by atoms with van der Waals surface area (Å²) in [6.45, 7) is 0.0734. The van der Waals surface area contributed by atoms with E-state index in [-0.39, 0.29) is 53.2 Å². The summed E-state index contributed by atoms with van der Waals surface area (Å²) in [6.07, 6.45) is -4.91. The number of anilines is 2. The smallest absolute Gasteiger partial charge is 0.367 e. The molecule has 32 heavy (non-hydrogen) atoms. The summed E-state index contributed by atoms with van der Waals surface area (Å²) < 4.78 is 37.7. The second-order valence-electron chi connectivity index (χ2n) is 6.82. The molecule has 1 aliphatic heterocycles. The first-order valence-electron chi connectivity index (χ1n) is 9.13. The zero-order valence-electron chi connectivity index (χ0n) is 16.2. The highest BCUT2D eigenvalue weighted by molar-refractivity contribution is 6.35. The van der Waals surface area contributed by atoms with Gasteiger partial charge in [0.05, 0.1) is 26.2 Å². The van der Waals surface area contributed by atoms with E-state index in [0.29, 0.717) is 5.69 Å². The summed E-state index contributed by atoms with van der Waals surface area (Å²) in [4.78, 5) is 36.6. The average molecular weight is 491 g/mol. The van der Waals surface area contributed by atoms with Crippen LogP contribution in [-0.4, -0.2) is 54.0 Å². The third-order valence-electron chi connectivity index (χ3n) is 4.76. The average Bonchev–Trinajstić information content (AvgIpc) is 2.73. The molecule has 0 saturated carbocycles. The first-order chi connectivity index (χ1) is 15.0. The van der Waals surface area contributed by atoms with E-state index in [0.717, 1.165) is 11.0 Å². The quantitative estimate of drug-likeness (QED) is 0.507. The molecule has 2 aromatic carbocycles. The number of non-ortho nitro benzene ring substituents is 1. The molecule has 1 fully saturated rings. The summed E-state index contributed by atoms with van der Waals surface area (Å²) >= 11 is 12.3. The highest BCUT2D eigenvalue weighted by Crippen LogP contribution is 2.31. The van der Waals surface area contributed by atoms with Gasteiger partial charge in [0.25, 0.3) is 11.6 Å². The molecule has 170 valence electrons. The van der Waals surface area contributed by atoms with Crippen molar-refractivity contribution in [2.75, 3.05) is 36.4 Å². The van der Waals surface area contributed by atoms with Crippen LogP contribution in [0.15, 0.2) is 36.4 Å². The van der Waals surface area contributed by atoms with E-state index in [1.165, 1.54) is 24.3 Å². The van der Waals surface area contributed by atoms with E-state index in [4.69, 9.17) is 23.2 Å². The van der Waals surface area contributed by atoms with Crippen LogP contribution in [0.1, 0.15) is 10.4 Å². The number of piperazine rings is 1. The Labute approximate surface area is 189 Å². The van der Waals surface area contributed by atoms with Crippen LogP contribution in [0.25, 0.3) is 0 Å². The molecule has 0 atom stereocenters. The zero-order chi connectivity index (χ0) is 23.6. The van der Waals surface area contributed by atoms with Gasteiger partial charge in [-0.1, -0.05) is 23.2 Å². The fraction of sp³-hybridized carbons (Fsp3) is 0.263. The van der Waals surface area contributed by atoms with Crippen LogP contribution in [0.3, 0.4) is 0 Å². The predicted molar refractivity (Wildman–Crippen MR) is 112 cm³/mol. The number of halogens is 5. The molecule has 13 heteroatoms. The predicted octanol–water partition coefficient (Wildman–Crippen LogP) is 4.36. The summed E-state index contributed by atoms with van der Waals surface area (Å²) in [6, 6.07) is 8.01. The second-order valence-corrected chi connectivity index (χ2v) is 7.63. The van der Waals surface area contributed by atoms with Crippen LogP contribution in [-0.2, 0) is 4.79 Å². The van der Waals surface area contributed by atoms with Gasteiger partial charge in [-0.15, -0.1) is 0 Å². The maximum atomic E-state index is 12.6. The number of nitro benzene ring substituents is 1. The van der Waals surface area contributed by atoms with E-state index >= 15 is 0 Å². The largest absolute Gasteiger partial charge is 0.471 e. The molecule has 1 N–H and O–H groups in total. The van der Waals surface area contributed by atoms with Gasteiger partial charge in [0.15, 0.2) is 0 Å². The van der Waals surface area contributed by atoms with Gasteiger partial charge in [-0.3, -0.25) is 19.7 Å². The normalized spacial score (nSPS) is 14.3. The van der Waals surface area contributed by atoms with Crippen molar-refractivity contribution in [1.82, 2.24) is 4.90 Å². The van der Waals surface area contributed by atoms with Crippen molar-refractivity contribution >= 4 is 52.1 Å². The summed E-state index contributed by atoms with van der Waals surface area (Å²) in [7, 11) is 0. The molecule has 0 spiro atoms. The fourth-order valence-electron chi connectivity index (χ4n) is 3.17. The third-order valence-corrected chi connectivity index (χ3v) is 5.39. The maximum absolute atomic E-state index is 12.6. The van der Waals surface area contributed by atoms with Crippen LogP contribution < -0.4 is 10.2 Å². The van der Waals surface area contributed by atoms with Crippen LogP contribution in [0.2, 0.25) is 10.0 Å². The molecule has 1 heterocycles. The van der Waals surface area contributed by atoms with Gasteiger partial charge in [-0.25, -0.2) is 0 Å². The molecule has 0 unspecified atom stereocenters. The number of alkyl halides is 3. The van der Waals surface area contributed by atoms with Crippen molar-refractivity contribution in [3.8, 4) is 0 Å². The molecular formula is C19H15Cl2F3N4O4. The Balaban J connectivity index is 1.69. The van der Waals surface area contributed by atoms with E-state index in [1.54, 1.807) is 11.0 Å². The number of nitrogens with one attached hydrogen (secondary N) is 1. The van der Waals surface area contributed by atoms with Crippen LogP contribution in [0, 0.1) is 10.1 Å². The lowest BCUT2D eigenvalue weighted by molar-refractivity contribution is -0.384. The van der Waals surface area contributed by atoms with Gasteiger partial charge in [-0.2, -0.15) is 13.2 Å². The summed E-state index contributed by atoms with van der Waals surface area (Å²) in [5.74, 6) is -2.55. The van der Waals surface area contributed by atoms with E-state index < -0.39 is 22.9 Å². The minimum absolute atomic E-state index is 0.0297. The van der Waals surface area contributed by atoms with Crippen LogP contribution >= 0.6 is 23.2 Å². The highest BCUT2D eigenvalue weighted by atomic mass is 35.5. The lowest BCUT2D eigenvalue weighted by Crippen LogP contribution is -2.52.